The van der Waals surface area contributed by atoms with Gasteiger partial charge in [-0.3, -0.25) is 14.7 Å². The van der Waals surface area contributed by atoms with Gasteiger partial charge in [0, 0.05) is 44.3 Å². The van der Waals surface area contributed by atoms with Crippen LogP contribution in [0.5, 0.6) is 17.2 Å². The zero-order chi connectivity index (χ0) is 23.2. The van der Waals surface area contributed by atoms with Crippen LogP contribution in [-0.4, -0.2) is 67.7 Å². The smallest absolute Gasteiger partial charge is 0.226 e. The summed E-state index contributed by atoms with van der Waals surface area (Å²) in [4.78, 5) is 22.0. The van der Waals surface area contributed by atoms with Gasteiger partial charge < -0.3 is 19.1 Å². The Kier molecular flexibility index (Phi) is 7.70. The molecule has 33 heavy (non-hydrogen) atoms. The Morgan fingerprint density at radius 3 is 2.55 bits per heavy atom. The zero-order valence-corrected chi connectivity index (χ0v) is 20.0. The van der Waals surface area contributed by atoms with E-state index in [9.17, 15) is 4.79 Å². The Balaban J connectivity index is 1.46. The van der Waals surface area contributed by atoms with Crippen molar-refractivity contribution in [2.75, 3.05) is 47.0 Å². The molecule has 7 heteroatoms. The van der Waals surface area contributed by atoms with Crippen LogP contribution >= 0.6 is 0 Å². The molecule has 3 heterocycles. The van der Waals surface area contributed by atoms with Crippen molar-refractivity contribution in [3.63, 3.8) is 0 Å². The van der Waals surface area contributed by atoms with E-state index in [1.807, 2.05) is 36.1 Å². The number of piperidine rings is 1. The maximum atomic E-state index is 13.3. The third-order valence-electron chi connectivity index (χ3n) is 6.60. The maximum absolute atomic E-state index is 13.3. The molecular weight excluding hydrogens is 418 g/mol. The summed E-state index contributed by atoms with van der Waals surface area (Å²) in [6, 6.07) is 9.94. The van der Waals surface area contributed by atoms with E-state index in [4.69, 9.17) is 14.2 Å². The molecule has 0 radical (unpaired) electrons. The van der Waals surface area contributed by atoms with Crippen molar-refractivity contribution in [3.05, 3.63) is 47.8 Å². The molecule has 0 bridgehead atoms. The average molecular weight is 454 g/mol. The second-order valence-corrected chi connectivity index (χ2v) is 9.16. The van der Waals surface area contributed by atoms with Crippen LogP contribution < -0.4 is 14.2 Å². The third-order valence-corrected chi connectivity index (χ3v) is 6.60. The minimum Gasteiger partial charge on any atom is -0.493 e. The lowest BCUT2D eigenvalue weighted by molar-refractivity contribution is -0.137. The summed E-state index contributed by atoms with van der Waals surface area (Å²) in [6.45, 7) is 6.74. The lowest BCUT2D eigenvalue weighted by Crippen LogP contribution is -2.48. The molecule has 0 unspecified atom stereocenters. The van der Waals surface area contributed by atoms with E-state index in [0.717, 1.165) is 80.5 Å². The highest BCUT2D eigenvalue weighted by Gasteiger charge is 2.35. The highest BCUT2D eigenvalue weighted by Crippen LogP contribution is 2.31. The molecule has 0 aliphatic carbocycles. The molecule has 2 saturated heterocycles. The molecule has 2 aliphatic heterocycles. The topological polar surface area (TPSA) is 64.1 Å². The molecule has 4 rings (SSSR count). The summed E-state index contributed by atoms with van der Waals surface area (Å²) in [5.74, 6) is 2.80. The predicted molar refractivity (Wildman–Crippen MR) is 127 cm³/mol. The minimum atomic E-state index is 0.00161. The first-order chi connectivity index (χ1) is 16.1. The van der Waals surface area contributed by atoms with Crippen LogP contribution in [0.25, 0.3) is 0 Å². The molecule has 1 aromatic heterocycles. The fourth-order valence-electron chi connectivity index (χ4n) is 4.92. The van der Waals surface area contributed by atoms with Crippen molar-refractivity contribution < 1.29 is 19.0 Å². The lowest BCUT2D eigenvalue weighted by atomic mass is 9.88. The highest BCUT2D eigenvalue weighted by atomic mass is 16.5. The number of ether oxygens (including phenoxy) is 3. The highest BCUT2D eigenvalue weighted by molar-refractivity contribution is 5.79. The number of nitrogens with zero attached hydrogens (tertiary/aromatic N) is 3. The van der Waals surface area contributed by atoms with Crippen LogP contribution in [0.3, 0.4) is 0 Å². The van der Waals surface area contributed by atoms with Crippen molar-refractivity contribution in [3.8, 4) is 17.2 Å². The van der Waals surface area contributed by atoms with Crippen LogP contribution in [0.15, 0.2) is 36.5 Å². The molecule has 0 N–H and O–H groups in total. The fraction of sp³-hybridized carbons (Fsp3) is 0.538. The van der Waals surface area contributed by atoms with E-state index in [1.54, 1.807) is 20.4 Å². The quantitative estimate of drug-likeness (QED) is 0.609. The maximum Gasteiger partial charge on any atom is 0.226 e. The predicted octanol–water partition coefficient (Wildman–Crippen LogP) is 3.55. The number of carbonyl (C=O) groups excluding carboxylic acids is 1. The first-order valence-corrected chi connectivity index (χ1v) is 11.8. The van der Waals surface area contributed by atoms with Gasteiger partial charge in [0.1, 0.15) is 5.75 Å². The second-order valence-electron chi connectivity index (χ2n) is 9.16. The standard InChI is InChI=1S/C26H35N3O4/c1-19-6-8-23(14-27-19)33-18-21-12-22(26(30)29-10-4-5-11-29)17-28(16-21)15-20-7-9-24(31-2)25(13-20)32-3/h6-9,13-14,21-22H,4-5,10-12,15-18H2,1-3H3/t21-,22+/m0/s1. The van der Waals surface area contributed by atoms with Gasteiger partial charge >= 0.3 is 0 Å². The second kappa shape index (κ2) is 10.9. The number of likely N-dealkylation sites (tertiary alicyclic amines) is 2. The summed E-state index contributed by atoms with van der Waals surface area (Å²) in [5, 5.41) is 0. The Bertz CT molecular complexity index is 928. The number of aryl methyl sites for hydroxylation is 1. The molecule has 178 valence electrons. The van der Waals surface area contributed by atoms with Gasteiger partial charge in [-0.15, -0.1) is 0 Å². The molecule has 2 atom stereocenters. The summed E-state index contributed by atoms with van der Waals surface area (Å²) < 4.78 is 16.9. The van der Waals surface area contributed by atoms with Crippen LogP contribution in [0, 0.1) is 18.8 Å². The van der Waals surface area contributed by atoms with Crippen LogP contribution in [0.4, 0.5) is 0 Å². The number of pyridine rings is 1. The monoisotopic (exact) mass is 453 g/mol. The van der Waals surface area contributed by atoms with Crippen LogP contribution in [0.2, 0.25) is 0 Å². The number of methoxy groups -OCH3 is 2. The molecule has 0 saturated carbocycles. The van der Waals surface area contributed by atoms with Crippen LogP contribution in [-0.2, 0) is 11.3 Å². The first kappa shape index (κ1) is 23.4. The third kappa shape index (κ3) is 5.96. The first-order valence-electron chi connectivity index (χ1n) is 11.8. The number of rotatable bonds is 8. The Hall–Kier alpha value is -2.80. The number of amides is 1. The number of aromatic nitrogens is 1. The van der Waals surface area contributed by atoms with Gasteiger partial charge in [0.05, 0.1) is 32.9 Å². The number of hydrogen-bond acceptors (Lipinski definition) is 6. The van der Waals surface area contributed by atoms with Crippen molar-refractivity contribution in [2.24, 2.45) is 11.8 Å². The fourth-order valence-corrected chi connectivity index (χ4v) is 4.92. The zero-order valence-electron chi connectivity index (χ0n) is 20.0. The van der Waals surface area contributed by atoms with Gasteiger partial charge in [0.15, 0.2) is 11.5 Å². The van der Waals surface area contributed by atoms with E-state index >= 15 is 0 Å². The summed E-state index contributed by atoms with van der Waals surface area (Å²) in [6.07, 6.45) is 4.85. The van der Waals surface area contributed by atoms with Crippen molar-refractivity contribution in [1.82, 2.24) is 14.8 Å². The Labute approximate surface area is 196 Å². The van der Waals surface area contributed by atoms with E-state index in [0.29, 0.717) is 12.5 Å². The SMILES string of the molecule is COc1ccc(CN2C[C@@H](COc3ccc(C)nc3)C[C@@H](C(=O)N3CCCC3)C2)cc1OC. The molecule has 2 fully saturated rings. The molecule has 1 aromatic carbocycles. The molecule has 2 aromatic rings. The van der Waals surface area contributed by atoms with Gasteiger partial charge in [-0.1, -0.05) is 6.07 Å². The summed E-state index contributed by atoms with van der Waals surface area (Å²) in [7, 11) is 3.30. The number of carbonyl (C=O) groups is 1. The molecular formula is C26H35N3O4. The van der Waals surface area contributed by atoms with Gasteiger partial charge in [0.25, 0.3) is 0 Å². The largest absolute Gasteiger partial charge is 0.493 e. The molecule has 1 amide bonds. The van der Waals surface area contributed by atoms with Gasteiger partial charge in [-0.25, -0.2) is 0 Å². The van der Waals surface area contributed by atoms with Gasteiger partial charge in [-0.05, 0) is 56.0 Å². The normalized spacial score (nSPS) is 21.1. The van der Waals surface area contributed by atoms with Crippen molar-refractivity contribution in [1.29, 1.82) is 0 Å². The Morgan fingerprint density at radius 2 is 1.85 bits per heavy atom. The van der Waals surface area contributed by atoms with E-state index in [-0.39, 0.29) is 11.8 Å². The minimum absolute atomic E-state index is 0.00161. The van der Waals surface area contributed by atoms with E-state index < -0.39 is 0 Å². The Morgan fingerprint density at radius 1 is 1.06 bits per heavy atom. The van der Waals surface area contributed by atoms with Crippen molar-refractivity contribution in [2.45, 2.75) is 32.7 Å². The van der Waals surface area contributed by atoms with E-state index in [2.05, 4.69) is 16.0 Å². The summed E-state index contributed by atoms with van der Waals surface area (Å²) >= 11 is 0. The molecule has 7 nitrogen and oxygen atoms in total. The molecule has 0 spiro atoms. The van der Waals surface area contributed by atoms with Gasteiger partial charge in [-0.2, -0.15) is 0 Å². The van der Waals surface area contributed by atoms with Gasteiger partial charge in [0.2, 0.25) is 5.91 Å². The average Bonchev–Trinajstić information content (AvgIpc) is 3.38. The lowest BCUT2D eigenvalue weighted by Gasteiger charge is -2.38. The molecule has 2 aliphatic rings. The summed E-state index contributed by atoms with van der Waals surface area (Å²) in [5.41, 5.74) is 2.11. The van der Waals surface area contributed by atoms with Crippen molar-refractivity contribution >= 4 is 5.91 Å². The number of benzene rings is 1. The van der Waals surface area contributed by atoms with E-state index in [1.165, 1.54) is 0 Å². The van der Waals surface area contributed by atoms with Crippen LogP contribution in [0.1, 0.15) is 30.5 Å². The number of hydrogen-bond donors (Lipinski definition) is 0.